The highest BCUT2D eigenvalue weighted by Gasteiger charge is 2.46. The smallest absolute Gasteiger partial charge is 0.217 e. The number of carbonyl (C=O) groups excluding carboxylic acids is 1. The molecule has 2 rings (SSSR count). The van der Waals surface area contributed by atoms with Crippen LogP contribution in [-0.4, -0.2) is 69.3 Å². The SMILES string of the molecule is CCCCCCCCN=C1SC[C@@H]2[C@@H](O)[C@@H](O)[C@@H](NC(C)=O)CN12. The van der Waals surface area contributed by atoms with E-state index < -0.39 is 18.2 Å². The maximum atomic E-state index is 11.3. The van der Waals surface area contributed by atoms with Crippen LogP contribution in [0, 0.1) is 0 Å². The molecular formula is C17H31N3O3S. The number of hydrogen-bond acceptors (Lipinski definition) is 5. The standard InChI is InChI=1S/C17H31N3O3S/c1-3-4-5-6-7-8-9-18-17-20-10-13(19-12(2)21)15(22)16(23)14(20)11-24-17/h13-16,22-23H,3-11H2,1-2H3,(H,19,21)/t13-,14+,15-,16+/m0/s1. The summed E-state index contributed by atoms with van der Waals surface area (Å²) < 4.78 is 0. The van der Waals surface area contributed by atoms with Gasteiger partial charge in [0.2, 0.25) is 5.91 Å². The second-order valence-electron chi connectivity index (χ2n) is 6.75. The Morgan fingerprint density at radius 3 is 2.67 bits per heavy atom. The minimum Gasteiger partial charge on any atom is -0.388 e. The van der Waals surface area contributed by atoms with E-state index in [-0.39, 0.29) is 11.9 Å². The zero-order valence-corrected chi connectivity index (χ0v) is 15.6. The van der Waals surface area contributed by atoms with Crippen LogP contribution in [0.5, 0.6) is 0 Å². The van der Waals surface area contributed by atoms with Crippen LogP contribution in [0.1, 0.15) is 52.4 Å². The molecular weight excluding hydrogens is 326 g/mol. The van der Waals surface area contributed by atoms with Gasteiger partial charge in [0.15, 0.2) is 5.17 Å². The average Bonchev–Trinajstić information content (AvgIpc) is 2.94. The number of amidine groups is 1. The molecule has 2 aliphatic rings. The molecule has 0 saturated carbocycles. The second-order valence-corrected chi connectivity index (χ2v) is 7.74. The Balaban J connectivity index is 1.85. The van der Waals surface area contributed by atoms with Gasteiger partial charge in [-0.05, 0) is 6.42 Å². The monoisotopic (exact) mass is 357 g/mol. The largest absolute Gasteiger partial charge is 0.388 e. The van der Waals surface area contributed by atoms with Gasteiger partial charge in [0.05, 0.1) is 12.1 Å². The number of rotatable bonds is 8. The topological polar surface area (TPSA) is 85.2 Å². The van der Waals surface area contributed by atoms with Gasteiger partial charge in [-0.25, -0.2) is 0 Å². The normalized spacial score (nSPS) is 31.3. The van der Waals surface area contributed by atoms with Crippen molar-refractivity contribution in [3.8, 4) is 0 Å². The Labute approximate surface area is 149 Å². The van der Waals surface area contributed by atoms with E-state index in [1.807, 2.05) is 0 Å². The van der Waals surface area contributed by atoms with Gasteiger partial charge in [-0.2, -0.15) is 0 Å². The van der Waals surface area contributed by atoms with Gasteiger partial charge in [0.1, 0.15) is 12.2 Å². The number of piperidine rings is 1. The number of thioether (sulfide) groups is 1. The first-order chi connectivity index (χ1) is 11.5. The summed E-state index contributed by atoms with van der Waals surface area (Å²) >= 11 is 1.64. The van der Waals surface area contributed by atoms with Gasteiger partial charge in [0.25, 0.3) is 0 Å². The van der Waals surface area contributed by atoms with E-state index in [9.17, 15) is 15.0 Å². The van der Waals surface area contributed by atoms with Crippen LogP contribution in [0.15, 0.2) is 4.99 Å². The van der Waals surface area contributed by atoms with E-state index in [1.54, 1.807) is 11.8 Å². The lowest BCUT2D eigenvalue weighted by atomic mass is 9.93. The summed E-state index contributed by atoms with van der Waals surface area (Å²) in [4.78, 5) is 18.1. The van der Waals surface area contributed by atoms with E-state index in [4.69, 9.17) is 4.99 Å². The molecule has 2 saturated heterocycles. The number of amides is 1. The number of nitrogens with zero attached hydrogens (tertiary/aromatic N) is 2. The molecule has 3 N–H and O–H groups in total. The highest BCUT2D eigenvalue weighted by molar-refractivity contribution is 8.14. The molecule has 6 nitrogen and oxygen atoms in total. The minimum absolute atomic E-state index is 0.113. The molecule has 24 heavy (non-hydrogen) atoms. The lowest BCUT2D eigenvalue weighted by Crippen LogP contribution is -2.65. The van der Waals surface area contributed by atoms with Gasteiger partial charge in [0, 0.05) is 25.8 Å². The Kier molecular flexibility index (Phi) is 7.84. The molecule has 1 amide bonds. The van der Waals surface area contributed by atoms with E-state index in [0.29, 0.717) is 6.54 Å². The lowest BCUT2D eigenvalue weighted by Gasteiger charge is -2.42. The van der Waals surface area contributed by atoms with Gasteiger partial charge in [-0.1, -0.05) is 50.8 Å². The van der Waals surface area contributed by atoms with Crippen molar-refractivity contribution in [1.82, 2.24) is 10.2 Å². The van der Waals surface area contributed by atoms with Crippen molar-refractivity contribution in [1.29, 1.82) is 0 Å². The number of unbranched alkanes of at least 4 members (excludes halogenated alkanes) is 5. The Bertz CT molecular complexity index is 447. The van der Waals surface area contributed by atoms with Crippen LogP contribution in [0.4, 0.5) is 0 Å². The summed E-state index contributed by atoms with van der Waals surface area (Å²) in [5, 5.41) is 24.2. The molecule has 0 aromatic carbocycles. The fourth-order valence-corrected chi connectivity index (χ4v) is 4.61. The fourth-order valence-electron chi connectivity index (χ4n) is 3.35. The minimum atomic E-state index is -0.923. The van der Waals surface area contributed by atoms with Crippen molar-refractivity contribution < 1.29 is 15.0 Å². The van der Waals surface area contributed by atoms with Crippen molar-refractivity contribution >= 4 is 22.8 Å². The maximum Gasteiger partial charge on any atom is 0.217 e. The molecule has 0 bridgehead atoms. The van der Waals surface area contributed by atoms with Crippen molar-refractivity contribution in [2.24, 2.45) is 4.99 Å². The summed E-state index contributed by atoms with van der Waals surface area (Å²) in [6.45, 7) is 4.96. The first kappa shape index (κ1) is 19.5. The third-order valence-electron chi connectivity index (χ3n) is 4.73. The predicted octanol–water partition coefficient (Wildman–Crippen LogP) is 1.36. The summed E-state index contributed by atoms with van der Waals surface area (Å²) in [6.07, 6.45) is 5.67. The molecule has 0 aromatic heterocycles. The Morgan fingerprint density at radius 1 is 1.25 bits per heavy atom. The quantitative estimate of drug-likeness (QED) is 0.571. The maximum absolute atomic E-state index is 11.3. The predicted molar refractivity (Wildman–Crippen MR) is 98.2 cm³/mol. The van der Waals surface area contributed by atoms with Gasteiger partial charge in [-0.15, -0.1) is 0 Å². The van der Waals surface area contributed by atoms with Crippen LogP contribution in [0.3, 0.4) is 0 Å². The molecule has 0 aromatic rings. The zero-order valence-electron chi connectivity index (χ0n) is 14.8. The highest BCUT2D eigenvalue weighted by Crippen LogP contribution is 2.32. The van der Waals surface area contributed by atoms with E-state index in [2.05, 4.69) is 17.1 Å². The molecule has 0 spiro atoms. The van der Waals surface area contributed by atoms with Crippen molar-refractivity contribution in [2.75, 3.05) is 18.8 Å². The summed E-state index contributed by atoms with van der Waals surface area (Å²) in [6, 6.07) is -0.565. The number of aliphatic imine (C=N–C) groups is 1. The first-order valence-electron chi connectivity index (χ1n) is 9.11. The Morgan fingerprint density at radius 2 is 1.96 bits per heavy atom. The number of aliphatic hydroxyl groups excluding tert-OH is 2. The van der Waals surface area contributed by atoms with Gasteiger partial charge < -0.3 is 20.4 Å². The third kappa shape index (κ3) is 5.10. The second kappa shape index (κ2) is 9.63. The van der Waals surface area contributed by atoms with E-state index >= 15 is 0 Å². The number of fused-ring (bicyclic) bond motifs is 1. The molecule has 0 aliphatic carbocycles. The molecule has 4 atom stereocenters. The van der Waals surface area contributed by atoms with Gasteiger partial charge >= 0.3 is 0 Å². The summed E-state index contributed by atoms with van der Waals surface area (Å²) in [5.41, 5.74) is 0. The van der Waals surface area contributed by atoms with Crippen molar-refractivity contribution in [3.63, 3.8) is 0 Å². The molecule has 0 radical (unpaired) electrons. The molecule has 0 unspecified atom stereocenters. The molecule has 2 aliphatic heterocycles. The van der Waals surface area contributed by atoms with Crippen molar-refractivity contribution in [3.05, 3.63) is 0 Å². The number of nitrogens with one attached hydrogen (secondary N) is 1. The van der Waals surface area contributed by atoms with Crippen LogP contribution >= 0.6 is 11.8 Å². The van der Waals surface area contributed by atoms with Gasteiger partial charge in [-0.3, -0.25) is 9.79 Å². The average molecular weight is 358 g/mol. The number of carbonyl (C=O) groups is 1. The summed E-state index contributed by atoms with van der Waals surface area (Å²) in [7, 11) is 0. The number of aliphatic hydroxyl groups is 2. The van der Waals surface area contributed by atoms with E-state index in [0.717, 1.165) is 23.9 Å². The third-order valence-corrected chi connectivity index (χ3v) is 5.86. The molecule has 2 heterocycles. The van der Waals surface area contributed by atoms with E-state index in [1.165, 1.54) is 39.0 Å². The van der Waals surface area contributed by atoms with Crippen LogP contribution in [0.2, 0.25) is 0 Å². The fraction of sp³-hybridized carbons (Fsp3) is 0.882. The Hall–Kier alpha value is -0.790. The van der Waals surface area contributed by atoms with Crippen LogP contribution < -0.4 is 5.32 Å². The number of hydrogen-bond donors (Lipinski definition) is 3. The highest BCUT2D eigenvalue weighted by atomic mass is 32.2. The lowest BCUT2D eigenvalue weighted by molar-refractivity contribution is -0.123. The van der Waals surface area contributed by atoms with Crippen LogP contribution in [-0.2, 0) is 4.79 Å². The molecule has 7 heteroatoms. The molecule has 138 valence electrons. The van der Waals surface area contributed by atoms with Crippen LogP contribution in [0.25, 0.3) is 0 Å². The molecule has 2 fully saturated rings. The first-order valence-corrected chi connectivity index (χ1v) is 10.1. The zero-order chi connectivity index (χ0) is 17.5. The van der Waals surface area contributed by atoms with Crippen molar-refractivity contribution in [2.45, 2.75) is 76.7 Å². The summed E-state index contributed by atoms with van der Waals surface area (Å²) in [5.74, 6) is 0.544.